The Labute approximate surface area is 163 Å². The first-order valence-electron chi connectivity index (χ1n) is 8.95. The molecule has 0 atom stereocenters. The number of benzene rings is 2. The molecule has 0 spiro atoms. The molecule has 1 saturated carbocycles. The van der Waals surface area contributed by atoms with Crippen LogP contribution in [-0.4, -0.2) is 29.5 Å². The average molecular weight is 395 g/mol. The first-order chi connectivity index (χ1) is 12.9. The number of rotatable bonds is 6. The summed E-state index contributed by atoms with van der Waals surface area (Å²) < 4.78 is 26.1. The molecule has 0 aliphatic heterocycles. The van der Waals surface area contributed by atoms with E-state index in [4.69, 9.17) is 21.1 Å². The van der Waals surface area contributed by atoms with Gasteiger partial charge in [0.2, 0.25) is 0 Å². The van der Waals surface area contributed by atoms with Crippen LogP contribution >= 0.6 is 11.6 Å². The first-order valence-corrected chi connectivity index (χ1v) is 9.33. The third kappa shape index (κ3) is 4.43. The van der Waals surface area contributed by atoms with Crippen molar-refractivity contribution in [3.63, 3.8) is 0 Å². The van der Waals surface area contributed by atoms with Crippen molar-refractivity contribution in [1.82, 2.24) is 0 Å². The lowest BCUT2D eigenvalue weighted by molar-refractivity contribution is -0.141. The predicted octanol–water partition coefficient (Wildman–Crippen LogP) is 4.20. The number of hydrogen-bond acceptors (Lipinski definition) is 4. The predicted molar refractivity (Wildman–Crippen MR) is 101 cm³/mol. The van der Waals surface area contributed by atoms with Gasteiger partial charge in [-0.2, -0.15) is 0 Å². The summed E-state index contributed by atoms with van der Waals surface area (Å²) in [4.78, 5) is 0. The fraction of sp³-hybridized carbons (Fsp3) is 0.429. The zero-order chi connectivity index (χ0) is 19.5. The Bertz CT molecular complexity index is 770. The molecule has 3 rings (SSSR count). The van der Waals surface area contributed by atoms with Crippen LogP contribution in [-0.2, 0) is 16.9 Å². The SMILES string of the molecule is COc1ccc(COC2(c3ccc(Cl)cc3F)CCC(O)(CO)CC2)cc1. The Morgan fingerprint density at radius 2 is 1.74 bits per heavy atom. The minimum atomic E-state index is -1.14. The third-order valence-electron chi connectivity index (χ3n) is 5.38. The largest absolute Gasteiger partial charge is 0.497 e. The van der Waals surface area contributed by atoms with Crippen molar-refractivity contribution in [2.75, 3.05) is 13.7 Å². The van der Waals surface area contributed by atoms with Crippen molar-refractivity contribution >= 4 is 11.6 Å². The highest BCUT2D eigenvalue weighted by Crippen LogP contribution is 2.45. The van der Waals surface area contributed by atoms with Crippen LogP contribution < -0.4 is 4.74 Å². The van der Waals surface area contributed by atoms with Gasteiger partial charge in [-0.1, -0.05) is 29.8 Å². The maximum atomic E-state index is 14.7. The summed E-state index contributed by atoms with van der Waals surface area (Å²) in [5.74, 6) is 0.328. The maximum Gasteiger partial charge on any atom is 0.130 e. The van der Waals surface area contributed by atoms with E-state index < -0.39 is 17.0 Å². The lowest BCUT2D eigenvalue weighted by Crippen LogP contribution is -2.45. The molecule has 0 unspecified atom stereocenters. The van der Waals surface area contributed by atoms with E-state index in [2.05, 4.69) is 0 Å². The number of ether oxygens (including phenoxy) is 2. The highest BCUT2D eigenvalue weighted by molar-refractivity contribution is 6.30. The van der Waals surface area contributed by atoms with E-state index in [9.17, 15) is 14.6 Å². The van der Waals surface area contributed by atoms with E-state index >= 15 is 0 Å². The standard InChI is InChI=1S/C21H24ClFO4/c1-26-17-5-2-15(3-6-17)13-27-21(10-8-20(25,14-24)9-11-21)18-7-4-16(22)12-19(18)23/h2-7,12,24-25H,8-11,13-14H2,1H3. The Morgan fingerprint density at radius 3 is 2.30 bits per heavy atom. The van der Waals surface area contributed by atoms with E-state index in [0.29, 0.717) is 42.9 Å². The zero-order valence-electron chi connectivity index (χ0n) is 15.3. The van der Waals surface area contributed by atoms with Gasteiger partial charge in [-0.15, -0.1) is 0 Å². The van der Waals surface area contributed by atoms with Crippen molar-refractivity contribution in [2.45, 2.75) is 43.5 Å². The van der Waals surface area contributed by atoms with E-state index in [1.807, 2.05) is 24.3 Å². The van der Waals surface area contributed by atoms with Crippen molar-refractivity contribution in [1.29, 1.82) is 0 Å². The topological polar surface area (TPSA) is 58.9 Å². The van der Waals surface area contributed by atoms with E-state index in [0.717, 1.165) is 11.3 Å². The summed E-state index contributed by atoms with van der Waals surface area (Å²) in [6.07, 6.45) is 1.46. The third-order valence-corrected chi connectivity index (χ3v) is 5.61. The van der Waals surface area contributed by atoms with Gasteiger partial charge in [-0.25, -0.2) is 4.39 Å². The summed E-state index contributed by atoms with van der Waals surface area (Å²) in [5.41, 5.74) is -0.653. The molecule has 0 bridgehead atoms. The number of methoxy groups -OCH3 is 1. The summed E-state index contributed by atoms with van der Waals surface area (Å²) in [6, 6.07) is 12.1. The van der Waals surface area contributed by atoms with Crippen LogP contribution in [0.25, 0.3) is 0 Å². The molecule has 0 amide bonds. The van der Waals surface area contributed by atoms with Gasteiger partial charge in [0.25, 0.3) is 0 Å². The average Bonchev–Trinajstić information content (AvgIpc) is 2.68. The Kier molecular flexibility index (Phi) is 6.06. The Hall–Kier alpha value is -1.66. The monoisotopic (exact) mass is 394 g/mol. The molecule has 1 aliphatic carbocycles. The van der Waals surface area contributed by atoms with Crippen LogP contribution in [0.2, 0.25) is 5.02 Å². The number of aliphatic hydroxyl groups excluding tert-OH is 1. The molecule has 1 aliphatic rings. The molecule has 0 radical (unpaired) electrons. The second-order valence-corrected chi connectivity index (χ2v) is 7.57. The molecule has 2 aromatic carbocycles. The molecule has 27 heavy (non-hydrogen) atoms. The Balaban J connectivity index is 1.85. The van der Waals surface area contributed by atoms with Gasteiger partial charge >= 0.3 is 0 Å². The number of aliphatic hydroxyl groups is 2. The Morgan fingerprint density at radius 1 is 1.07 bits per heavy atom. The molecule has 0 aromatic heterocycles. The van der Waals surface area contributed by atoms with Gasteiger partial charge in [-0.3, -0.25) is 0 Å². The van der Waals surface area contributed by atoms with Crippen molar-refractivity contribution in [2.24, 2.45) is 0 Å². The van der Waals surface area contributed by atoms with E-state index in [1.165, 1.54) is 6.07 Å². The molecule has 0 heterocycles. The van der Waals surface area contributed by atoms with Crippen LogP contribution in [0.4, 0.5) is 4.39 Å². The maximum absolute atomic E-state index is 14.7. The minimum Gasteiger partial charge on any atom is -0.497 e. The van der Waals surface area contributed by atoms with E-state index in [1.54, 1.807) is 19.2 Å². The summed E-state index contributed by atoms with van der Waals surface area (Å²) in [5, 5.41) is 20.1. The molecular weight excluding hydrogens is 371 g/mol. The second-order valence-electron chi connectivity index (χ2n) is 7.14. The smallest absolute Gasteiger partial charge is 0.130 e. The molecule has 146 valence electrons. The second kappa shape index (κ2) is 8.15. The molecular formula is C21H24ClFO4. The zero-order valence-corrected chi connectivity index (χ0v) is 16.0. The van der Waals surface area contributed by atoms with Crippen molar-refractivity contribution in [3.8, 4) is 5.75 Å². The van der Waals surface area contributed by atoms with E-state index in [-0.39, 0.29) is 6.61 Å². The molecule has 2 aromatic rings. The molecule has 4 nitrogen and oxygen atoms in total. The fourth-order valence-corrected chi connectivity index (χ4v) is 3.73. The highest BCUT2D eigenvalue weighted by Gasteiger charge is 2.44. The number of halogens is 2. The first kappa shape index (κ1) is 20.1. The summed E-state index contributed by atoms with van der Waals surface area (Å²) in [6.45, 7) is -0.0196. The lowest BCUT2D eigenvalue weighted by atomic mass is 9.73. The van der Waals surface area contributed by atoms with Gasteiger partial charge in [0.15, 0.2) is 0 Å². The summed E-state index contributed by atoms with van der Waals surface area (Å²) in [7, 11) is 1.61. The fourth-order valence-electron chi connectivity index (χ4n) is 3.57. The molecule has 6 heteroatoms. The number of hydrogen-bond donors (Lipinski definition) is 2. The van der Waals surface area contributed by atoms with Crippen LogP contribution in [0.15, 0.2) is 42.5 Å². The van der Waals surface area contributed by atoms with Gasteiger partial charge in [-0.05, 0) is 55.5 Å². The normalized spacial score (nSPS) is 25.4. The summed E-state index contributed by atoms with van der Waals surface area (Å²) >= 11 is 5.90. The van der Waals surface area contributed by atoms with Crippen molar-refractivity contribution in [3.05, 3.63) is 64.4 Å². The van der Waals surface area contributed by atoms with Gasteiger partial charge < -0.3 is 19.7 Å². The van der Waals surface area contributed by atoms with Gasteiger partial charge in [0.1, 0.15) is 11.6 Å². The van der Waals surface area contributed by atoms with Crippen LogP contribution in [0.1, 0.15) is 36.8 Å². The van der Waals surface area contributed by atoms with Crippen molar-refractivity contribution < 1.29 is 24.1 Å². The van der Waals surface area contributed by atoms with Crippen LogP contribution in [0, 0.1) is 5.82 Å². The van der Waals surface area contributed by atoms with Crippen LogP contribution in [0.5, 0.6) is 5.75 Å². The molecule has 1 fully saturated rings. The van der Waals surface area contributed by atoms with Gasteiger partial charge in [0, 0.05) is 10.6 Å². The molecule has 0 saturated heterocycles. The van der Waals surface area contributed by atoms with Crippen LogP contribution in [0.3, 0.4) is 0 Å². The lowest BCUT2D eigenvalue weighted by Gasteiger charge is -2.43. The quantitative estimate of drug-likeness (QED) is 0.771. The molecule has 2 N–H and O–H groups in total. The highest BCUT2D eigenvalue weighted by atomic mass is 35.5. The van der Waals surface area contributed by atoms with Gasteiger partial charge in [0.05, 0.1) is 31.5 Å². The minimum absolute atomic E-state index is 0.295.